The van der Waals surface area contributed by atoms with E-state index in [0.717, 1.165) is 24.2 Å². The minimum atomic E-state index is -2.95. The Kier molecular flexibility index (Phi) is 12.9. The lowest BCUT2D eigenvalue weighted by Gasteiger charge is -2.18. The summed E-state index contributed by atoms with van der Waals surface area (Å²) in [5, 5.41) is 6.50. The SMILES string of the molecule is CCCOCc1ccccc1CNC(=NC)NC(C)CCS(C)(=O)=O.I. The van der Waals surface area contributed by atoms with Gasteiger partial charge in [-0.15, -0.1) is 24.0 Å². The number of guanidine groups is 1. The van der Waals surface area contributed by atoms with Crippen LogP contribution in [0, 0.1) is 0 Å². The Morgan fingerprint density at radius 2 is 1.92 bits per heavy atom. The molecule has 1 aromatic carbocycles. The number of nitrogens with zero attached hydrogens (tertiary/aromatic N) is 1. The molecule has 0 spiro atoms. The molecule has 0 aliphatic heterocycles. The summed E-state index contributed by atoms with van der Waals surface area (Å²) in [4.78, 5) is 4.21. The van der Waals surface area contributed by atoms with Crippen molar-refractivity contribution in [2.24, 2.45) is 4.99 Å². The lowest BCUT2D eigenvalue weighted by atomic mass is 10.1. The standard InChI is InChI=1S/C18H31N3O3S.HI/c1-5-11-24-14-17-9-7-6-8-16(17)13-20-18(19-3)21-15(2)10-12-25(4,22)23;/h6-9,15H,5,10-14H2,1-4H3,(H2,19,20,21);1H. The van der Waals surface area contributed by atoms with Crippen molar-refractivity contribution < 1.29 is 13.2 Å². The third-order valence-electron chi connectivity index (χ3n) is 3.70. The second kappa shape index (κ2) is 13.3. The van der Waals surface area contributed by atoms with Crippen LogP contribution in [-0.2, 0) is 27.7 Å². The lowest BCUT2D eigenvalue weighted by Crippen LogP contribution is -2.42. The van der Waals surface area contributed by atoms with E-state index in [0.29, 0.717) is 25.5 Å². The fourth-order valence-electron chi connectivity index (χ4n) is 2.27. The van der Waals surface area contributed by atoms with Crippen LogP contribution in [0.1, 0.15) is 37.8 Å². The first kappa shape index (κ1) is 25.1. The van der Waals surface area contributed by atoms with Gasteiger partial charge in [0.05, 0.1) is 12.4 Å². The maximum absolute atomic E-state index is 11.3. The number of benzene rings is 1. The maximum atomic E-state index is 11.3. The van der Waals surface area contributed by atoms with E-state index < -0.39 is 9.84 Å². The van der Waals surface area contributed by atoms with Crippen LogP contribution in [-0.4, -0.2) is 46.1 Å². The van der Waals surface area contributed by atoms with Gasteiger partial charge in [-0.3, -0.25) is 4.99 Å². The number of aliphatic imine (C=N–C) groups is 1. The molecule has 150 valence electrons. The van der Waals surface area contributed by atoms with E-state index in [2.05, 4.69) is 34.7 Å². The highest BCUT2D eigenvalue weighted by Gasteiger charge is 2.10. The first-order chi connectivity index (χ1) is 11.9. The molecule has 0 radical (unpaired) electrons. The molecule has 0 saturated heterocycles. The number of ether oxygens (including phenoxy) is 1. The second-order valence-electron chi connectivity index (χ2n) is 6.21. The average molecular weight is 497 g/mol. The zero-order valence-corrected chi connectivity index (χ0v) is 19.3. The van der Waals surface area contributed by atoms with E-state index in [-0.39, 0.29) is 35.8 Å². The Balaban J connectivity index is 0.00000625. The summed E-state index contributed by atoms with van der Waals surface area (Å²) in [5.41, 5.74) is 2.31. The van der Waals surface area contributed by atoms with Crippen LogP contribution in [0.3, 0.4) is 0 Å². The Morgan fingerprint density at radius 1 is 1.27 bits per heavy atom. The van der Waals surface area contributed by atoms with Crippen molar-refractivity contribution in [1.29, 1.82) is 0 Å². The number of nitrogens with one attached hydrogen (secondary N) is 2. The lowest BCUT2D eigenvalue weighted by molar-refractivity contribution is 0.121. The molecular weight excluding hydrogens is 465 g/mol. The van der Waals surface area contributed by atoms with E-state index in [1.807, 2.05) is 19.1 Å². The summed E-state index contributed by atoms with van der Waals surface area (Å²) in [6.07, 6.45) is 2.80. The normalized spacial score (nSPS) is 13.0. The maximum Gasteiger partial charge on any atom is 0.191 e. The minimum Gasteiger partial charge on any atom is -0.377 e. The fourth-order valence-corrected chi connectivity index (χ4v) is 3.05. The monoisotopic (exact) mass is 497 g/mol. The smallest absolute Gasteiger partial charge is 0.191 e. The number of halogens is 1. The van der Waals surface area contributed by atoms with E-state index in [9.17, 15) is 8.42 Å². The summed E-state index contributed by atoms with van der Waals surface area (Å²) in [6.45, 7) is 6.02. The number of rotatable bonds is 10. The summed E-state index contributed by atoms with van der Waals surface area (Å²) in [5.74, 6) is 0.820. The molecule has 1 atom stereocenters. The molecule has 0 aliphatic rings. The van der Waals surface area contributed by atoms with Gasteiger partial charge in [0.15, 0.2) is 5.96 Å². The average Bonchev–Trinajstić information content (AvgIpc) is 2.57. The topological polar surface area (TPSA) is 79.8 Å². The van der Waals surface area contributed by atoms with Gasteiger partial charge in [0.1, 0.15) is 9.84 Å². The van der Waals surface area contributed by atoms with Gasteiger partial charge in [-0.2, -0.15) is 0 Å². The van der Waals surface area contributed by atoms with Crippen molar-refractivity contribution in [2.75, 3.05) is 25.7 Å². The summed E-state index contributed by atoms with van der Waals surface area (Å²) in [7, 11) is -1.24. The van der Waals surface area contributed by atoms with Gasteiger partial charge in [-0.1, -0.05) is 31.2 Å². The molecule has 6 nitrogen and oxygen atoms in total. The van der Waals surface area contributed by atoms with E-state index in [1.165, 1.54) is 6.26 Å². The molecule has 26 heavy (non-hydrogen) atoms. The number of hydrogen-bond acceptors (Lipinski definition) is 4. The van der Waals surface area contributed by atoms with E-state index >= 15 is 0 Å². The van der Waals surface area contributed by atoms with Crippen molar-refractivity contribution in [3.8, 4) is 0 Å². The van der Waals surface area contributed by atoms with Crippen LogP contribution in [0.4, 0.5) is 0 Å². The predicted octanol–water partition coefficient (Wildman–Crippen LogP) is 2.72. The van der Waals surface area contributed by atoms with Crippen molar-refractivity contribution in [3.05, 3.63) is 35.4 Å². The van der Waals surface area contributed by atoms with Gasteiger partial charge in [0.25, 0.3) is 0 Å². The van der Waals surface area contributed by atoms with E-state index in [4.69, 9.17) is 4.74 Å². The van der Waals surface area contributed by atoms with Crippen molar-refractivity contribution >= 4 is 39.8 Å². The van der Waals surface area contributed by atoms with E-state index in [1.54, 1.807) is 7.05 Å². The summed E-state index contributed by atoms with van der Waals surface area (Å²) < 4.78 is 28.2. The van der Waals surface area contributed by atoms with Gasteiger partial charge >= 0.3 is 0 Å². The molecular formula is C18H32IN3O3S. The van der Waals surface area contributed by atoms with Gasteiger partial charge in [0.2, 0.25) is 0 Å². The number of hydrogen-bond donors (Lipinski definition) is 2. The zero-order valence-electron chi connectivity index (χ0n) is 16.1. The Morgan fingerprint density at radius 3 is 2.50 bits per heavy atom. The third-order valence-corrected chi connectivity index (χ3v) is 4.68. The summed E-state index contributed by atoms with van der Waals surface area (Å²) in [6, 6.07) is 8.17. The predicted molar refractivity (Wildman–Crippen MR) is 119 cm³/mol. The molecule has 0 amide bonds. The van der Waals surface area contributed by atoms with Crippen LogP contribution >= 0.6 is 24.0 Å². The van der Waals surface area contributed by atoms with Crippen LogP contribution in [0.2, 0.25) is 0 Å². The first-order valence-electron chi connectivity index (χ1n) is 8.65. The molecule has 8 heteroatoms. The summed E-state index contributed by atoms with van der Waals surface area (Å²) >= 11 is 0. The quantitative estimate of drug-likeness (QED) is 0.225. The highest BCUT2D eigenvalue weighted by Crippen LogP contribution is 2.10. The third kappa shape index (κ3) is 11.0. The number of sulfone groups is 1. The molecule has 0 bridgehead atoms. The fraction of sp³-hybridized carbons (Fsp3) is 0.611. The van der Waals surface area contributed by atoms with Crippen LogP contribution in [0.5, 0.6) is 0 Å². The molecule has 0 aromatic heterocycles. The van der Waals surface area contributed by atoms with Crippen LogP contribution < -0.4 is 10.6 Å². The largest absolute Gasteiger partial charge is 0.377 e. The Hall–Kier alpha value is -0.870. The van der Waals surface area contributed by atoms with Gasteiger partial charge in [0, 0.05) is 32.5 Å². The molecule has 0 fully saturated rings. The van der Waals surface area contributed by atoms with Crippen molar-refractivity contribution in [3.63, 3.8) is 0 Å². The first-order valence-corrected chi connectivity index (χ1v) is 10.7. The molecule has 0 aliphatic carbocycles. The molecule has 0 heterocycles. The Labute approximate surface area is 175 Å². The molecule has 1 unspecified atom stereocenters. The van der Waals surface area contributed by atoms with Crippen molar-refractivity contribution in [2.45, 2.75) is 45.9 Å². The Bertz CT molecular complexity index is 651. The second-order valence-corrected chi connectivity index (χ2v) is 8.47. The van der Waals surface area contributed by atoms with Gasteiger partial charge in [-0.05, 0) is 30.9 Å². The molecule has 1 aromatic rings. The molecule has 1 rings (SSSR count). The van der Waals surface area contributed by atoms with Crippen LogP contribution in [0.25, 0.3) is 0 Å². The highest BCUT2D eigenvalue weighted by molar-refractivity contribution is 14.0. The zero-order chi connectivity index (χ0) is 18.7. The molecule has 2 N–H and O–H groups in total. The van der Waals surface area contributed by atoms with Gasteiger partial charge < -0.3 is 15.4 Å². The van der Waals surface area contributed by atoms with Gasteiger partial charge in [-0.25, -0.2) is 8.42 Å². The highest BCUT2D eigenvalue weighted by atomic mass is 127. The van der Waals surface area contributed by atoms with Crippen molar-refractivity contribution in [1.82, 2.24) is 10.6 Å². The molecule has 0 saturated carbocycles. The van der Waals surface area contributed by atoms with Crippen LogP contribution in [0.15, 0.2) is 29.3 Å². The minimum absolute atomic E-state index is 0.